The molecule has 1 aromatic carbocycles. The zero-order valence-electron chi connectivity index (χ0n) is 8.71. The monoisotopic (exact) mass is 168 g/mol. The van der Waals surface area contributed by atoms with E-state index >= 15 is 0 Å². The number of hydrogen-bond acceptors (Lipinski definition) is 1. The zero-order chi connectivity index (χ0) is 10.8. The molecule has 1 N–H and O–H groups in total. The Hall–Kier alpha value is -1.15. The molecule has 0 amide bonds. The van der Waals surface area contributed by atoms with Crippen LogP contribution in [0.1, 0.15) is 15.2 Å². The van der Waals surface area contributed by atoms with Crippen LogP contribution in [0.25, 0.3) is 6.08 Å². The molecular formula is C10H11FO. The van der Waals surface area contributed by atoms with Gasteiger partial charge in [0, 0.05) is 0 Å². The van der Waals surface area contributed by atoms with Crippen LogP contribution < -0.4 is 0 Å². The maximum Gasteiger partial charge on any atom is 0.123 e. The molecule has 0 aliphatic carbocycles. The number of aliphatic hydroxyl groups is 1. The van der Waals surface area contributed by atoms with Gasteiger partial charge in [-0.15, -0.1) is 0 Å². The van der Waals surface area contributed by atoms with Gasteiger partial charge in [0.1, 0.15) is 5.82 Å². The quantitative estimate of drug-likeness (QED) is 0.717. The van der Waals surface area contributed by atoms with Crippen LogP contribution in [0, 0.1) is 5.82 Å². The highest BCUT2D eigenvalue weighted by atomic mass is 19.1. The van der Waals surface area contributed by atoms with Gasteiger partial charge in [-0.2, -0.15) is 0 Å². The highest BCUT2D eigenvalue weighted by Gasteiger charge is 1.90. The minimum atomic E-state index is -2.33. The van der Waals surface area contributed by atoms with Crippen LogP contribution in [0.2, 0.25) is 0 Å². The van der Waals surface area contributed by atoms with Gasteiger partial charge in [-0.05, 0) is 30.2 Å². The molecule has 1 rings (SSSR count). The van der Waals surface area contributed by atoms with Crippen molar-refractivity contribution in [2.45, 2.75) is 6.92 Å². The number of halogens is 1. The topological polar surface area (TPSA) is 20.2 Å². The first-order chi connectivity index (χ1) is 6.39. The second-order valence-electron chi connectivity index (χ2n) is 2.49. The van der Waals surface area contributed by atoms with E-state index in [4.69, 9.17) is 7.85 Å². The van der Waals surface area contributed by atoms with Gasteiger partial charge in [0.25, 0.3) is 0 Å². The first-order valence-corrected chi connectivity index (χ1v) is 3.56. The van der Waals surface area contributed by atoms with Crippen molar-refractivity contribution in [3.05, 3.63) is 41.2 Å². The lowest BCUT2D eigenvalue weighted by Gasteiger charge is -1.95. The predicted molar refractivity (Wildman–Crippen MR) is 47.1 cm³/mol. The Balaban J connectivity index is 2.93. The Morgan fingerprint density at radius 1 is 1.58 bits per heavy atom. The molecule has 0 saturated carbocycles. The third-order valence-electron chi connectivity index (χ3n) is 1.43. The van der Waals surface area contributed by atoms with Gasteiger partial charge in [-0.1, -0.05) is 18.2 Å². The summed E-state index contributed by atoms with van der Waals surface area (Å²) >= 11 is 0. The Morgan fingerprint density at radius 2 is 2.17 bits per heavy atom. The van der Waals surface area contributed by atoms with Crippen molar-refractivity contribution >= 4 is 6.08 Å². The molecule has 1 nitrogen and oxygen atoms in total. The fraction of sp³-hybridized carbons (Fsp3) is 0.200. The zero-order valence-corrected chi connectivity index (χ0v) is 6.71. The normalized spacial score (nSPS) is 15.4. The summed E-state index contributed by atoms with van der Waals surface area (Å²) in [7, 11) is 0. The van der Waals surface area contributed by atoms with Crippen LogP contribution in [0.5, 0.6) is 0 Å². The molecule has 0 spiro atoms. The summed E-state index contributed by atoms with van der Waals surface area (Å²) in [5.74, 6) is -0.341. The lowest BCUT2D eigenvalue weighted by molar-refractivity contribution is 0.332. The van der Waals surface area contributed by atoms with Gasteiger partial charge >= 0.3 is 0 Å². The van der Waals surface area contributed by atoms with E-state index in [1.54, 1.807) is 0 Å². The fourth-order valence-corrected chi connectivity index (χ4v) is 0.841. The summed E-state index contributed by atoms with van der Waals surface area (Å²) in [5, 5.41) is 8.99. The number of benzene rings is 1. The summed E-state index contributed by atoms with van der Waals surface area (Å²) in [4.78, 5) is 0. The predicted octanol–water partition coefficient (Wildman–Crippen LogP) is 2.22. The van der Waals surface area contributed by atoms with E-state index in [-0.39, 0.29) is 11.4 Å². The first kappa shape index (κ1) is 6.38. The van der Waals surface area contributed by atoms with Gasteiger partial charge < -0.3 is 5.11 Å². The maximum atomic E-state index is 12.5. The molecule has 64 valence electrons. The Kier molecular flexibility index (Phi) is 2.14. The van der Waals surface area contributed by atoms with E-state index in [9.17, 15) is 4.39 Å². The molecule has 0 radical (unpaired) electrons. The lowest BCUT2D eigenvalue weighted by Crippen LogP contribution is -1.83. The average molecular weight is 168 g/mol. The van der Waals surface area contributed by atoms with Crippen molar-refractivity contribution in [3.63, 3.8) is 0 Å². The van der Waals surface area contributed by atoms with E-state index in [0.29, 0.717) is 5.56 Å². The first-order valence-electron chi connectivity index (χ1n) is 4.56. The van der Waals surface area contributed by atoms with Crippen molar-refractivity contribution in [2.75, 3.05) is 6.56 Å². The minimum Gasteiger partial charge on any atom is -0.392 e. The second kappa shape index (κ2) is 4.02. The number of rotatable bonds is 2. The van der Waals surface area contributed by atoms with E-state index in [1.165, 1.54) is 37.3 Å². The smallest absolute Gasteiger partial charge is 0.123 e. The molecule has 0 atom stereocenters. The van der Waals surface area contributed by atoms with Crippen LogP contribution in [0.15, 0.2) is 29.8 Å². The average Bonchev–Trinajstić information content (AvgIpc) is 2.07. The van der Waals surface area contributed by atoms with Crippen molar-refractivity contribution in [1.29, 1.82) is 0 Å². The van der Waals surface area contributed by atoms with Gasteiger partial charge in [-0.25, -0.2) is 4.39 Å². The fourth-order valence-electron chi connectivity index (χ4n) is 0.841. The minimum absolute atomic E-state index is 0.184. The van der Waals surface area contributed by atoms with Gasteiger partial charge in [0.2, 0.25) is 0 Å². The van der Waals surface area contributed by atoms with E-state index in [2.05, 4.69) is 0 Å². The van der Waals surface area contributed by atoms with Crippen LogP contribution >= 0.6 is 0 Å². The molecule has 0 saturated heterocycles. The lowest BCUT2D eigenvalue weighted by atomic mass is 10.1. The van der Waals surface area contributed by atoms with E-state index < -0.39 is 6.56 Å². The summed E-state index contributed by atoms with van der Waals surface area (Å²) in [5.41, 5.74) is 0.839. The highest BCUT2D eigenvalue weighted by molar-refractivity contribution is 5.52. The third kappa shape index (κ3) is 2.47. The maximum absolute atomic E-state index is 12.5. The van der Waals surface area contributed by atoms with E-state index in [0.717, 1.165) is 0 Å². The van der Waals surface area contributed by atoms with E-state index in [1.807, 2.05) is 0 Å². The van der Waals surface area contributed by atoms with Crippen molar-refractivity contribution in [2.24, 2.45) is 0 Å². The van der Waals surface area contributed by atoms with Gasteiger partial charge in [0.15, 0.2) is 0 Å². The van der Waals surface area contributed by atoms with Crippen LogP contribution in [-0.2, 0) is 0 Å². The molecule has 0 heterocycles. The Bertz CT molecular complexity index is 338. The van der Waals surface area contributed by atoms with Gasteiger partial charge in [0.05, 0.1) is 9.30 Å². The molecule has 2 heteroatoms. The van der Waals surface area contributed by atoms with Crippen LogP contribution in [-0.4, -0.2) is 11.7 Å². The number of hydrogen-bond donors (Lipinski definition) is 1. The SMILES string of the molecule is [2H]C([2H])(O)/C(C)=C/c1ccc(F)cc1. The molecule has 0 unspecified atom stereocenters. The summed E-state index contributed by atoms with van der Waals surface area (Å²) in [6.45, 7) is -0.849. The summed E-state index contributed by atoms with van der Waals surface area (Å²) in [6, 6.07) is 5.60. The molecular weight excluding hydrogens is 155 g/mol. The molecule has 0 aromatic heterocycles. The van der Waals surface area contributed by atoms with Crippen molar-refractivity contribution in [3.8, 4) is 0 Å². The molecule has 0 fully saturated rings. The molecule has 12 heavy (non-hydrogen) atoms. The largest absolute Gasteiger partial charge is 0.392 e. The highest BCUT2D eigenvalue weighted by Crippen LogP contribution is 2.07. The van der Waals surface area contributed by atoms with Crippen LogP contribution in [0.4, 0.5) is 4.39 Å². The standard InChI is InChI=1S/C10H11FO/c1-8(7-12)6-9-2-4-10(11)5-3-9/h2-6,12H,7H2,1H3/b8-6+/i7D2. The van der Waals surface area contributed by atoms with Gasteiger partial charge in [-0.3, -0.25) is 0 Å². The Labute approximate surface area is 74.0 Å². The molecule has 0 aliphatic rings. The second-order valence-corrected chi connectivity index (χ2v) is 2.49. The van der Waals surface area contributed by atoms with Crippen molar-refractivity contribution < 1.29 is 12.2 Å². The molecule has 0 aliphatic heterocycles. The molecule has 1 aromatic rings. The summed E-state index contributed by atoms with van der Waals surface area (Å²) < 4.78 is 26.5. The third-order valence-corrected chi connectivity index (χ3v) is 1.43. The van der Waals surface area contributed by atoms with Crippen molar-refractivity contribution in [1.82, 2.24) is 0 Å². The summed E-state index contributed by atoms with van der Waals surface area (Å²) in [6.07, 6.45) is 1.47. The molecule has 0 bridgehead atoms. The Morgan fingerprint density at radius 3 is 2.67 bits per heavy atom. The van der Waals surface area contributed by atoms with Crippen LogP contribution in [0.3, 0.4) is 0 Å².